The van der Waals surface area contributed by atoms with Gasteiger partial charge in [0.15, 0.2) is 0 Å². The summed E-state index contributed by atoms with van der Waals surface area (Å²) in [5.74, 6) is -0.204. The molecular formula is C19H30NO2+. The predicted molar refractivity (Wildman–Crippen MR) is 89.4 cm³/mol. The molecule has 22 heavy (non-hydrogen) atoms. The summed E-state index contributed by atoms with van der Waals surface area (Å²) in [7, 11) is 0. The maximum Gasteiger partial charge on any atom is 0.338 e. The second kappa shape index (κ2) is 7.28. The summed E-state index contributed by atoms with van der Waals surface area (Å²) in [5.41, 5.74) is 1.98. The Morgan fingerprint density at radius 2 is 1.73 bits per heavy atom. The molecule has 1 aliphatic heterocycles. The van der Waals surface area contributed by atoms with E-state index >= 15 is 0 Å². The summed E-state index contributed by atoms with van der Waals surface area (Å²) >= 11 is 0. The second-order valence-electron chi connectivity index (χ2n) is 7.56. The molecule has 1 fully saturated rings. The van der Waals surface area contributed by atoms with E-state index in [9.17, 15) is 4.79 Å². The third-order valence-corrected chi connectivity index (χ3v) is 4.43. The smallest absolute Gasteiger partial charge is 0.338 e. The van der Waals surface area contributed by atoms with Crippen LogP contribution < -0.4 is 4.90 Å². The average molecular weight is 304 g/mol. The number of benzene rings is 1. The first-order valence-electron chi connectivity index (χ1n) is 8.51. The Kier molecular flexibility index (Phi) is 5.63. The van der Waals surface area contributed by atoms with Crippen LogP contribution in [-0.4, -0.2) is 31.7 Å². The number of likely N-dealkylation sites (tertiary alicyclic amines) is 1. The molecule has 0 aromatic heterocycles. The van der Waals surface area contributed by atoms with Crippen molar-refractivity contribution in [1.29, 1.82) is 0 Å². The van der Waals surface area contributed by atoms with Crippen LogP contribution in [0, 0.1) is 0 Å². The maximum absolute atomic E-state index is 12.2. The number of rotatable bonds is 4. The summed E-state index contributed by atoms with van der Waals surface area (Å²) in [4.78, 5) is 13.8. The summed E-state index contributed by atoms with van der Waals surface area (Å²) in [5, 5.41) is 0. The van der Waals surface area contributed by atoms with Gasteiger partial charge < -0.3 is 9.64 Å². The number of quaternary nitrogens is 1. The van der Waals surface area contributed by atoms with Gasteiger partial charge in [-0.15, -0.1) is 0 Å². The Bertz CT molecular complexity index is 481. The molecule has 1 N–H and O–H groups in total. The number of hydrogen-bond donors (Lipinski definition) is 1. The minimum Gasteiger partial charge on any atom is -0.453 e. The van der Waals surface area contributed by atoms with Crippen LogP contribution in [0.2, 0.25) is 0 Å². The molecule has 1 aliphatic rings. The fourth-order valence-corrected chi connectivity index (χ4v) is 3.06. The van der Waals surface area contributed by atoms with Gasteiger partial charge in [-0.05, 0) is 49.3 Å². The fraction of sp³-hybridized carbons (Fsp3) is 0.632. The van der Waals surface area contributed by atoms with Crippen molar-refractivity contribution in [3.05, 3.63) is 35.4 Å². The number of piperidine rings is 1. The highest BCUT2D eigenvalue weighted by molar-refractivity contribution is 5.89. The monoisotopic (exact) mass is 304 g/mol. The van der Waals surface area contributed by atoms with Crippen LogP contribution in [0.25, 0.3) is 0 Å². The first-order valence-corrected chi connectivity index (χ1v) is 8.51. The van der Waals surface area contributed by atoms with Crippen molar-refractivity contribution in [3.63, 3.8) is 0 Å². The van der Waals surface area contributed by atoms with Crippen molar-refractivity contribution >= 4 is 5.97 Å². The average Bonchev–Trinajstić information content (AvgIpc) is 2.47. The van der Waals surface area contributed by atoms with Crippen molar-refractivity contribution in [2.75, 3.05) is 19.6 Å². The van der Waals surface area contributed by atoms with Crippen LogP contribution in [0.15, 0.2) is 24.3 Å². The molecule has 0 radical (unpaired) electrons. The second-order valence-corrected chi connectivity index (χ2v) is 7.56. The van der Waals surface area contributed by atoms with Gasteiger partial charge in [0.2, 0.25) is 0 Å². The third-order valence-electron chi connectivity index (χ3n) is 4.43. The predicted octanol–water partition coefficient (Wildman–Crippen LogP) is 2.60. The molecule has 1 atom stereocenters. The van der Waals surface area contributed by atoms with Crippen molar-refractivity contribution in [1.82, 2.24) is 0 Å². The molecule has 1 aromatic rings. The largest absolute Gasteiger partial charge is 0.453 e. The third kappa shape index (κ3) is 4.84. The van der Waals surface area contributed by atoms with Crippen molar-refractivity contribution in [2.24, 2.45) is 0 Å². The van der Waals surface area contributed by atoms with Crippen molar-refractivity contribution < 1.29 is 14.4 Å². The van der Waals surface area contributed by atoms with E-state index in [1.54, 1.807) is 4.90 Å². The highest BCUT2D eigenvalue weighted by Crippen LogP contribution is 2.22. The van der Waals surface area contributed by atoms with Gasteiger partial charge in [0.25, 0.3) is 0 Å². The van der Waals surface area contributed by atoms with E-state index in [0.717, 1.165) is 6.54 Å². The number of nitrogens with one attached hydrogen (secondary N) is 1. The molecule has 0 amide bonds. The Morgan fingerprint density at radius 1 is 1.14 bits per heavy atom. The van der Waals surface area contributed by atoms with Gasteiger partial charge >= 0.3 is 5.97 Å². The SMILES string of the molecule is C[C@H](C[NH+]1CCCCC1)OC(=O)c1ccc(C(C)(C)C)cc1. The Labute approximate surface area is 134 Å². The van der Waals surface area contributed by atoms with E-state index in [2.05, 4.69) is 20.8 Å². The summed E-state index contributed by atoms with van der Waals surface area (Å²) in [6, 6.07) is 7.81. The van der Waals surface area contributed by atoms with Crippen LogP contribution >= 0.6 is 0 Å². The lowest BCUT2D eigenvalue weighted by Gasteiger charge is -2.26. The van der Waals surface area contributed by atoms with Gasteiger partial charge in [0.05, 0.1) is 18.7 Å². The zero-order valence-corrected chi connectivity index (χ0v) is 14.4. The molecule has 0 saturated carbocycles. The van der Waals surface area contributed by atoms with Gasteiger partial charge in [-0.1, -0.05) is 32.9 Å². The maximum atomic E-state index is 12.2. The Hall–Kier alpha value is -1.35. The van der Waals surface area contributed by atoms with Crippen molar-refractivity contribution in [2.45, 2.75) is 58.5 Å². The normalized spacial score (nSPS) is 18.0. The van der Waals surface area contributed by atoms with Gasteiger partial charge in [-0.25, -0.2) is 4.79 Å². The number of esters is 1. The highest BCUT2D eigenvalue weighted by atomic mass is 16.5. The summed E-state index contributed by atoms with van der Waals surface area (Å²) in [6.45, 7) is 11.9. The van der Waals surface area contributed by atoms with E-state index in [-0.39, 0.29) is 17.5 Å². The van der Waals surface area contributed by atoms with E-state index in [4.69, 9.17) is 4.74 Å². The van der Waals surface area contributed by atoms with Gasteiger partial charge in [0.1, 0.15) is 12.6 Å². The highest BCUT2D eigenvalue weighted by Gasteiger charge is 2.20. The molecule has 1 aromatic carbocycles. The first-order chi connectivity index (χ1) is 10.4. The quantitative estimate of drug-likeness (QED) is 0.867. The van der Waals surface area contributed by atoms with Gasteiger partial charge in [-0.2, -0.15) is 0 Å². The zero-order valence-electron chi connectivity index (χ0n) is 14.4. The minimum atomic E-state index is -0.204. The molecular weight excluding hydrogens is 274 g/mol. The summed E-state index contributed by atoms with van der Waals surface area (Å²) in [6.07, 6.45) is 3.91. The molecule has 1 heterocycles. The Balaban J connectivity index is 1.88. The lowest BCUT2D eigenvalue weighted by atomic mass is 9.87. The van der Waals surface area contributed by atoms with Crippen LogP contribution in [-0.2, 0) is 10.2 Å². The lowest BCUT2D eigenvalue weighted by Crippen LogP contribution is -3.13. The lowest BCUT2D eigenvalue weighted by molar-refractivity contribution is -0.907. The minimum absolute atomic E-state index is 0.0251. The van der Waals surface area contributed by atoms with Crippen LogP contribution in [0.5, 0.6) is 0 Å². The molecule has 122 valence electrons. The van der Waals surface area contributed by atoms with Crippen LogP contribution in [0.4, 0.5) is 0 Å². The summed E-state index contributed by atoms with van der Waals surface area (Å²) < 4.78 is 5.60. The molecule has 3 nitrogen and oxygen atoms in total. The molecule has 3 heteroatoms. The molecule has 1 saturated heterocycles. The van der Waals surface area contributed by atoms with Gasteiger partial charge in [0, 0.05) is 0 Å². The zero-order chi connectivity index (χ0) is 16.2. The molecule has 0 spiro atoms. The van der Waals surface area contributed by atoms with Crippen LogP contribution in [0.1, 0.15) is 62.9 Å². The Morgan fingerprint density at radius 3 is 2.27 bits per heavy atom. The van der Waals surface area contributed by atoms with Crippen LogP contribution in [0.3, 0.4) is 0 Å². The standard InChI is InChI=1S/C19H29NO2/c1-15(14-20-12-6-5-7-13-20)22-18(21)16-8-10-17(11-9-16)19(2,3)4/h8-11,15H,5-7,12-14H2,1-4H3/p+1/t15-/m1/s1. The van der Waals surface area contributed by atoms with Gasteiger partial charge in [-0.3, -0.25) is 0 Å². The molecule has 0 aliphatic carbocycles. The topological polar surface area (TPSA) is 30.7 Å². The van der Waals surface area contributed by atoms with E-state index < -0.39 is 0 Å². The van der Waals surface area contributed by atoms with E-state index in [1.165, 1.54) is 37.9 Å². The molecule has 0 bridgehead atoms. The van der Waals surface area contributed by atoms with Crippen molar-refractivity contribution in [3.8, 4) is 0 Å². The fourth-order valence-electron chi connectivity index (χ4n) is 3.06. The first kappa shape index (κ1) is 17.0. The number of carbonyl (C=O) groups excluding carboxylic acids is 1. The molecule has 2 rings (SSSR count). The van der Waals surface area contributed by atoms with E-state index in [0.29, 0.717) is 5.56 Å². The number of hydrogen-bond acceptors (Lipinski definition) is 2. The molecule has 0 unspecified atom stereocenters. The van der Waals surface area contributed by atoms with E-state index in [1.807, 2.05) is 31.2 Å². The number of carbonyl (C=O) groups is 1. The number of ether oxygens (including phenoxy) is 1.